The Morgan fingerprint density at radius 2 is 1.96 bits per heavy atom. The maximum absolute atomic E-state index is 11.2. The summed E-state index contributed by atoms with van der Waals surface area (Å²) in [6, 6.07) is 14.4. The van der Waals surface area contributed by atoms with Gasteiger partial charge in [0.2, 0.25) is 0 Å². The van der Waals surface area contributed by atoms with Gasteiger partial charge in [-0.05, 0) is 71.0 Å². The third kappa shape index (κ3) is 2.53. The van der Waals surface area contributed by atoms with Crippen molar-refractivity contribution in [1.29, 1.82) is 0 Å². The van der Waals surface area contributed by atoms with Gasteiger partial charge in [-0.3, -0.25) is 0 Å². The second-order valence-corrected chi connectivity index (χ2v) is 8.36. The molecule has 1 heterocycles. The average molecular weight is 336 g/mol. The number of hydrogen-bond acceptors (Lipinski definition) is 2. The van der Waals surface area contributed by atoms with Crippen LogP contribution in [0.5, 0.6) is 0 Å². The van der Waals surface area contributed by atoms with Gasteiger partial charge >= 0.3 is 5.97 Å². The molecular weight excluding hydrogens is 316 g/mol. The third-order valence-electron chi connectivity index (χ3n) is 5.14. The van der Waals surface area contributed by atoms with Crippen molar-refractivity contribution in [2.45, 2.75) is 38.5 Å². The number of fused-ring (bicyclic) bond motifs is 2. The van der Waals surface area contributed by atoms with E-state index < -0.39 is 5.97 Å². The summed E-state index contributed by atoms with van der Waals surface area (Å²) >= 11 is 1.67. The molecule has 0 aliphatic heterocycles. The Morgan fingerprint density at radius 3 is 2.75 bits per heavy atom. The normalized spacial score (nSPS) is 16.1. The lowest BCUT2D eigenvalue weighted by Gasteiger charge is -2.32. The Bertz CT molecular complexity index is 950. The van der Waals surface area contributed by atoms with Crippen molar-refractivity contribution >= 4 is 27.4 Å². The minimum absolute atomic E-state index is 0.233. The number of aryl methyl sites for hydroxylation is 1. The van der Waals surface area contributed by atoms with Gasteiger partial charge in [-0.25, -0.2) is 4.79 Å². The summed E-state index contributed by atoms with van der Waals surface area (Å²) in [6.45, 7) is 4.66. The number of carboxylic acid groups (broad SMARTS) is 1. The highest BCUT2D eigenvalue weighted by Crippen LogP contribution is 2.41. The quantitative estimate of drug-likeness (QED) is 0.634. The molecule has 1 N–H and O–H groups in total. The van der Waals surface area contributed by atoms with Gasteiger partial charge in [0.15, 0.2) is 0 Å². The number of thiophene rings is 1. The van der Waals surface area contributed by atoms with Crippen molar-refractivity contribution in [1.82, 2.24) is 0 Å². The van der Waals surface area contributed by atoms with Crippen molar-refractivity contribution < 1.29 is 9.90 Å². The molecule has 3 aromatic rings. The number of aromatic carboxylic acids is 1. The van der Waals surface area contributed by atoms with E-state index >= 15 is 0 Å². The van der Waals surface area contributed by atoms with Gasteiger partial charge in [0, 0.05) is 9.58 Å². The van der Waals surface area contributed by atoms with Crippen LogP contribution in [0, 0.1) is 0 Å². The summed E-state index contributed by atoms with van der Waals surface area (Å²) in [5.74, 6) is -0.873. The lowest BCUT2D eigenvalue weighted by molar-refractivity contribution is 0.0697. The highest BCUT2D eigenvalue weighted by Gasteiger charge is 2.27. The number of carbonyl (C=O) groups is 1. The Kier molecular flexibility index (Phi) is 3.50. The van der Waals surface area contributed by atoms with Crippen LogP contribution in [0.25, 0.3) is 20.5 Å². The molecule has 24 heavy (non-hydrogen) atoms. The lowest BCUT2D eigenvalue weighted by Crippen LogP contribution is -2.23. The SMILES string of the molecule is CC1(C)CCCc2ccc(-c3cc4ccc(C(=O)O)cc4s3)cc21. The van der Waals surface area contributed by atoms with Crippen molar-refractivity contribution in [2.75, 3.05) is 0 Å². The summed E-state index contributed by atoms with van der Waals surface area (Å²) in [4.78, 5) is 12.4. The van der Waals surface area contributed by atoms with Gasteiger partial charge in [-0.15, -0.1) is 11.3 Å². The fourth-order valence-electron chi connectivity index (χ4n) is 3.74. The largest absolute Gasteiger partial charge is 0.478 e. The monoisotopic (exact) mass is 336 g/mol. The summed E-state index contributed by atoms with van der Waals surface area (Å²) in [6.07, 6.45) is 3.67. The molecule has 1 aromatic heterocycles. The van der Waals surface area contributed by atoms with E-state index in [2.05, 4.69) is 38.1 Å². The molecule has 0 radical (unpaired) electrons. The summed E-state index contributed by atoms with van der Waals surface area (Å²) in [5, 5.41) is 10.3. The van der Waals surface area contributed by atoms with Crippen LogP contribution >= 0.6 is 11.3 Å². The zero-order chi connectivity index (χ0) is 16.9. The van der Waals surface area contributed by atoms with E-state index in [-0.39, 0.29) is 5.41 Å². The molecule has 4 rings (SSSR count). The van der Waals surface area contributed by atoms with E-state index in [1.165, 1.54) is 40.8 Å². The molecule has 0 atom stereocenters. The van der Waals surface area contributed by atoms with E-state index in [4.69, 9.17) is 5.11 Å². The first-order valence-electron chi connectivity index (χ1n) is 8.35. The van der Waals surface area contributed by atoms with E-state index in [1.807, 2.05) is 6.07 Å². The molecule has 1 aliphatic carbocycles. The maximum Gasteiger partial charge on any atom is 0.335 e. The van der Waals surface area contributed by atoms with Crippen LogP contribution in [-0.4, -0.2) is 11.1 Å². The standard InChI is InChI=1S/C21H20O2S/c1-21(2)9-3-4-13-5-6-14(10-17(13)21)18-11-15-7-8-16(20(22)23)12-19(15)24-18/h5-8,10-12H,3-4,9H2,1-2H3,(H,22,23). The molecule has 0 fully saturated rings. The first-order chi connectivity index (χ1) is 11.4. The molecule has 0 amide bonds. The highest BCUT2D eigenvalue weighted by atomic mass is 32.1. The maximum atomic E-state index is 11.2. The van der Waals surface area contributed by atoms with Crippen LogP contribution in [0.3, 0.4) is 0 Å². The zero-order valence-corrected chi connectivity index (χ0v) is 14.7. The van der Waals surface area contributed by atoms with Crippen molar-refractivity contribution in [2.24, 2.45) is 0 Å². The van der Waals surface area contributed by atoms with Crippen molar-refractivity contribution in [3.05, 3.63) is 59.2 Å². The number of benzene rings is 2. The second-order valence-electron chi connectivity index (χ2n) is 7.28. The third-order valence-corrected chi connectivity index (χ3v) is 6.29. The lowest BCUT2D eigenvalue weighted by atomic mass is 9.72. The molecule has 0 bridgehead atoms. The van der Waals surface area contributed by atoms with Crippen LogP contribution in [0.2, 0.25) is 0 Å². The number of hydrogen-bond donors (Lipinski definition) is 1. The molecule has 122 valence electrons. The molecule has 2 nitrogen and oxygen atoms in total. The Labute approximate surface area is 145 Å². The van der Waals surface area contributed by atoms with E-state index in [1.54, 1.807) is 23.5 Å². The Morgan fingerprint density at radius 1 is 1.12 bits per heavy atom. The zero-order valence-electron chi connectivity index (χ0n) is 13.9. The second kappa shape index (κ2) is 5.45. The Balaban J connectivity index is 1.81. The van der Waals surface area contributed by atoms with Gasteiger partial charge in [0.25, 0.3) is 0 Å². The topological polar surface area (TPSA) is 37.3 Å². The highest BCUT2D eigenvalue weighted by molar-refractivity contribution is 7.22. The number of rotatable bonds is 2. The summed E-state index contributed by atoms with van der Waals surface area (Å²) < 4.78 is 1.03. The van der Waals surface area contributed by atoms with Crippen LogP contribution < -0.4 is 0 Å². The van der Waals surface area contributed by atoms with Gasteiger partial charge in [-0.2, -0.15) is 0 Å². The molecule has 0 saturated heterocycles. The van der Waals surface area contributed by atoms with Gasteiger partial charge in [0.05, 0.1) is 5.56 Å². The van der Waals surface area contributed by atoms with E-state index in [0.717, 1.165) is 10.1 Å². The summed E-state index contributed by atoms with van der Waals surface area (Å²) in [7, 11) is 0. The van der Waals surface area contributed by atoms with Crippen LogP contribution in [-0.2, 0) is 11.8 Å². The Hall–Kier alpha value is -2.13. The fourth-order valence-corrected chi connectivity index (χ4v) is 4.84. The molecule has 3 heteroatoms. The molecule has 2 aromatic carbocycles. The fraction of sp³-hybridized carbons (Fsp3) is 0.286. The van der Waals surface area contributed by atoms with E-state index in [0.29, 0.717) is 5.56 Å². The van der Waals surface area contributed by atoms with E-state index in [9.17, 15) is 4.79 Å². The van der Waals surface area contributed by atoms with Crippen LogP contribution in [0.4, 0.5) is 0 Å². The molecule has 0 saturated carbocycles. The predicted octanol–water partition coefficient (Wildman–Crippen LogP) is 5.88. The van der Waals surface area contributed by atoms with Crippen LogP contribution in [0.15, 0.2) is 42.5 Å². The minimum Gasteiger partial charge on any atom is -0.478 e. The first kappa shape index (κ1) is 15.4. The predicted molar refractivity (Wildman–Crippen MR) is 100 cm³/mol. The van der Waals surface area contributed by atoms with Crippen molar-refractivity contribution in [3.8, 4) is 10.4 Å². The smallest absolute Gasteiger partial charge is 0.335 e. The minimum atomic E-state index is -0.873. The first-order valence-corrected chi connectivity index (χ1v) is 9.16. The molecule has 0 spiro atoms. The average Bonchev–Trinajstić information content (AvgIpc) is 2.97. The van der Waals surface area contributed by atoms with Gasteiger partial charge in [0.1, 0.15) is 0 Å². The van der Waals surface area contributed by atoms with Gasteiger partial charge < -0.3 is 5.11 Å². The van der Waals surface area contributed by atoms with Gasteiger partial charge in [-0.1, -0.05) is 32.0 Å². The molecule has 0 unspecified atom stereocenters. The van der Waals surface area contributed by atoms with Crippen LogP contribution in [0.1, 0.15) is 48.2 Å². The summed E-state index contributed by atoms with van der Waals surface area (Å²) in [5.41, 5.74) is 4.76. The van der Waals surface area contributed by atoms with Crippen molar-refractivity contribution in [3.63, 3.8) is 0 Å². The molecular formula is C21H20O2S. The number of carboxylic acids is 1. The molecule has 1 aliphatic rings.